The summed E-state index contributed by atoms with van der Waals surface area (Å²) in [7, 11) is 1.59. The molecule has 134 valence electrons. The van der Waals surface area contributed by atoms with Crippen molar-refractivity contribution in [1.29, 1.82) is 0 Å². The van der Waals surface area contributed by atoms with Gasteiger partial charge >= 0.3 is 0 Å². The Morgan fingerprint density at radius 3 is 2.58 bits per heavy atom. The number of hydrogen-bond acceptors (Lipinski definition) is 5. The molecule has 0 saturated heterocycles. The zero-order valence-corrected chi connectivity index (χ0v) is 15.5. The molecule has 1 amide bonds. The van der Waals surface area contributed by atoms with Crippen LogP contribution in [0, 0.1) is 6.92 Å². The number of ether oxygens (including phenoxy) is 1. The second-order valence-corrected chi connectivity index (χ2v) is 6.69. The van der Waals surface area contributed by atoms with Crippen molar-refractivity contribution in [3.8, 4) is 5.75 Å². The van der Waals surface area contributed by atoms with Crippen LogP contribution in [0.2, 0.25) is 0 Å². The van der Waals surface area contributed by atoms with E-state index in [0.29, 0.717) is 28.8 Å². The average Bonchev–Trinajstić information content (AvgIpc) is 3.13. The summed E-state index contributed by atoms with van der Waals surface area (Å²) in [4.78, 5) is 16.5. The van der Waals surface area contributed by atoms with E-state index in [9.17, 15) is 4.79 Å². The Hall–Kier alpha value is -2.80. The number of methoxy groups -OCH3 is 1. The molecule has 7 heteroatoms. The van der Waals surface area contributed by atoms with Gasteiger partial charge in [-0.2, -0.15) is 0 Å². The topological polar surface area (TPSA) is 79.9 Å². The number of rotatable bonds is 7. The molecule has 1 heterocycles. The van der Waals surface area contributed by atoms with Gasteiger partial charge in [0, 0.05) is 11.3 Å². The molecule has 0 fully saturated rings. The highest BCUT2D eigenvalue weighted by molar-refractivity contribution is 7.98. The van der Waals surface area contributed by atoms with Gasteiger partial charge in [-0.3, -0.25) is 9.89 Å². The highest BCUT2D eigenvalue weighted by atomic mass is 32.2. The van der Waals surface area contributed by atoms with Gasteiger partial charge < -0.3 is 10.1 Å². The Kier molecular flexibility index (Phi) is 5.91. The molecule has 0 spiro atoms. The lowest BCUT2D eigenvalue weighted by molar-refractivity contribution is 0.0950. The van der Waals surface area contributed by atoms with Crippen LogP contribution in [-0.4, -0.2) is 28.2 Å². The molecule has 0 saturated carbocycles. The minimum Gasteiger partial charge on any atom is -0.497 e. The second kappa shape index (κ2) is 8.53. The van der Waals surface area contributed by atoms with Crippen LogP contribution in [0.1, 0.15) is 27.3 Å². The van der Waals surface area contributed by atoms with Gasteiger partial charge in [-0.05, 0) is 36.8 Å². The molecule has 6 nitrogen and oxygen atoms in total. The Bertz CT molecular complexity index is 860. The molecule has 2 aromatic carbocycles. The Labute approximate surface area is 156 Å². The Balaban J connectivity index is 1.49. The van der Waals surface area contributed by atoms with Gasteiger partial charge in [-0.15, -0.1) is 5.10 Å². The number of carbonyl (C=O) groups excluding carboxylic acids is 1. The summed E-state index contributed by atoms with van der Waals surface area (Å²) < 4.78 is 5.08. The van der Waals surface area contributed by atoms with Crippen LogP contribution < -0.4 is 10.1 Å². The van der Waals surface area contributed by atoms with Crippen molar-refractivity contribution in [3.63, 3.8) is 0 Å². The molecule has 2 N–H and O–H groups in total. The van der Waals surface area contributed by atoms with E-state index in [4.69, 9.17) is 4.74 Å². The molecule has 1 aromatic heterocycles. The summed E-state index contributed by atoms with van der Waals surface area (Å²) >= 11 is 1.55. The number of nitrogens with one attached hydrogen (secondary N) is 2. The molecule has 0 aliphatic carbocycles. The summed E-state index contributed by atoms with van der Waals surface area (Å²) in [5.41, 5.74) is 3.03. The van der Waals surface area contributed by atoms with Gasteiger partial charge in [-0.1, -0.05) is 41.6 Å². The Morgan fingerprint density at radius 1 is 1.15 bits per heavy atom. The van der Waals surface area contributed by atoms with Gasteiger partial charge in [0.15, 0.2) is 0 Å². The van der Waals surface area contributed by atoms with E-state index in [1.165, 1.54) is 11.1 Å². The van der Waals surface area contributed by atoms with Crippen LogP contribution >= 0.6 is 11.8 Å². The quantitative estimate of drug-likeness (QED) is 0.625. The number of H-pyrrole nitrogens is 1. The molecule has 0 bridgehead atoms. The third-order valence-corrected chi connectivity index (χ3v) is 4.69. The predicted molar refractivity (Wildman–Crippen MR) is 101 cm³/mol. The number of hydrogen-bond donors (Lipinski definition) is 2. The van der Waals surface area contributed by atoms with Crippen molar-refractivity contribution in [2.24, 2.45) is 0 Å². The van der Waals surface area contributed by atoms with E-state index in [2.05, 4.69) is 51.7 Å². The van der Waals surface area contributed by atoms with Gasteiger partial charge in [0.1, 0.15) is 11.6 Å². The molecule has 26 heavy (non-hydrogen) atoms. The van der Waals surface area contributed by atoms with Crippen LogP contribution in [0.3, 0.4) is 0 Å². The molecular weight excluding hydrogens is 348 g/mol. The number of aryl methyl sites for hydroxylation is 1. The smallest absolute Gasteiger partial charge is 0.251 e. The SMILES string of the molecule is COc1ccc(C(=O)NCc2nc(SCc3ccc(C)cc3)n[nH]2)cc1. The monoisotopic (exact) mass is 368 g/mol. The van der Waals surface area contributed by atoms with Crippen LogP contribution in [0.15, 0.2) is 53.7 Å². The lowest BCUT2D eigenvalue weighted by Crippen LogP contribution is -2.23. The van der Waals surface area contributed by atoms with Crippen molar-refractivity contribution < 1.29 is 9.53 Å². The zero-order valence-electron chi connectivity index (χ0n) is 14.7. The lowest BCUT2D eigenvalue weighted by Gasteiger charge is -2.04. The van der Waals surface area contributed by atoms with Gasteiger partial charge in [0.05, 0.1) is 13.7 Å². The van der Waals surface area contributed by atoms with Crippen LogP contribution in [0.5, 0.6) is 5.75 Å². The first-order valence-corrected chi connectivity index (χ1v) is 9.14. The van der Waals surface area contributed by atoms with Crippen LogP contribution in [0.25, 0.3) is 0 Å². The number of benzene rings is 2. The first-order valence-electron chi connectivity index (χ1n) is 8.16. The maximum Gasteiger partial charge on any atom is 0.251 e. The zero-order chi connectivity index (χ0) is 18.4. The second-order valence-electron chi connectivity index (χ2n) is 5.75. The number of nitrogens with zero attached hydrogens (tertiary/aromatic N) is 2. The largest absolute Gasteiger partial charge is 0.497 e. The van der Waals surface area contributed by atoms with Crippen molar-refractivity contribution in [1.82, 2.24) is 20.5 Å². The first kappa shape index (κ1) is 18.0. The summed E-state index contributed by atoms with van der Waals surface area (Å²) in [6.07, 6.45) is 0. The molecule has 3 aromatic rings. The maximum absolute atomic E-state index is 12.1. The number of thioether (sulfide) groups is 1. The highest BCUT2D eigenvalue weighted by Crippen LogP contribution is 2.19. The van der Waals surface area contributed by atoms with E-state index in [1.54, 1.807) is 43.1 Å². The van der Waals surface area contributed by atoms with Crippen molar-refractivity contribution in [2.45, 2.75) is 24.4 Å². The maximum atomic E-state index is 12.1. The third-order valence-electron chi connectivity index (χ3n) is 3.77. The summed E-state index contributed by atoms with van der Waals surface area (Å²) in [6.45, 7) is 2.36. The fourth-order valence-electron chi connectivity index (χ4n) is 2.26. The molecule has 0 radical (unpaired) electrons. The van der Waals surface area contributed by atoms with Gasteiger partial charge in [0.25, 0.3) is 5.91 Å². The van der Waals surface area contributed by atoms with E-state index >= 15 is 0 Å². The third kappa shape index (κ3) is 4.86. The number of aromatic nitrogens is 3. The molecule has 0 aliphatic heterocycles. The predicted octanol–water partition coefficient (Wildman–Crippen LogP) is 3.34. The lowest BCUT2D eigenvalue weighted by atomic mass is 10.2. The minimum absolute atomic E-state index is 0.169. The number of carbonyl (C=O) groups is 1. The Morgan fingerprint density at radius 2 is 1.88 bits per heavy atom. The number of aromatic amines is 1. The average molecular weight is 368 g/mol. The highest BCUT2D eigenvalue weighted by Gasteiger charge is 2.08. The van der Waals surface area contributed by atoms with Gasteiger partial charge in [0.2, 0.25) is 5.16 Å². The number of amides is 1. The van der Waals surface area contributed by atoms with Crippen molar-refractivity contribution in [2.75, 3.05) is 7.11 Å². The van der Waals surface area contributed by atoms with E-state index in [0.717, 1.165) is 5.75 Å². The minimum atomic E-state index is -0.169. The molecule has 0 aliphatic rings. The summed E-state index contributed by atoms with van der Waals surface area (Å²) in [5, 5.41) is 10.5. The van der Waals surface area contributed by atoms with Crippen LogP contribution in [-0.2, 0) is 12.3 Å². The fraction of sp³-hybridized carbons (Fsp3) is 0.211. The van der Waals surface area contributed by atoms with E-state index < -0.39 is 0 Å². The standard InChI is InChI=1S/C19H20N4O2S/c1-13-3-5-14(6-4-13)12-26-19-21-17(22-23-19)11-20-18(24)15-7-9-16(25-2)10-8-15/h3-10H,11-12H2,1-2H3,(H,20,24)(H,21,22,23). The van der Waals surface area contributed by atoms with E-state index in [1.807, 2.05) is 0 Å². The molecular formula is C19H20N4O2S. The van der Waals surface area contributed by atoms with Crippen LogP contribution in [0.4, 0.5) is 0 Å². The van der Waals surface area contributed by atoms with Crippen molar-refractivity contribution in [3.05, 3.63) is 71.0 Å². The normalized spacial score (nSPS) is 10.5. The van der Waals surface area contributed by atoms with Gasteiger partial charge in [-0.25, -0.2) is 4.98 Å². The summed E-state index contributed by atoms with van der Waals surface area (Å²) in [6, 6.07) is 15.3. The molecule has 3 rings (SSSR count). The fourth-order valence-corrected chi connectivity index (χ4v) is 3.04. The van der Waals surface area contributed by atoms with E-state index in [-0.39, 0.29) is 5.91 Å². The van der Waals surface area contributed by atoms with Crippen molar-refractivity contribution >= 4 is 17.7 Å². The molecule has 0 atom stereocenters. The first-order chi connectivity index (χ1) is 12.6. The molecule has 0 unspecified atom stereocenters. The summed E-state index contributed by atoms with van der Waals surface area (Å²) in [5.74, 6) is 1.97.